The van der Waals surface area contributed by atoms with Gasteiger partial charge in [0.2, 0.25) is 0 Å². The summed E-state index contributed by atoms with van der Waals surface area (Å²) in [7, 11) is 0. The Morgan fingerprint density at radius 1 is 1.60 bits per heavy atom. The number of hydrogen-bond acceptors (Lipinski definition) is 2. The van der Waals surface area contributed by atoms with Gasteiger partial charge >= 0.3 is 0 Å². The zero-order valence-corrected chi connectivity index (χ0v) is 6.84. The Morgan fingerprint density at radius 2 is 2.40 bits per heavy atom. The van der Waals surface area contributed by atoms with Gasteiger partial charge in [0.1, 0.15) is 0 Å². The lowest BCUT2D eigenvalue weighted by atomic mass is 10.1. The van der Waals surface area contributed by atoms with Crippen LogP contribution in [0.25, 0.3) is 0 Å². The lowest BCUT2D eigenvalue weighted by molar-refractivity contribution is 0.258. The van der Waals surface area contributed by atoms with E-state index in [9.17, 15) is 0 Å². The third-order valence-corrected chi connectivity index (χ3v) is 2.41. The van der Waals surface area contributed by atoms with Crippen LogP contribution >= 0.6 is 0 Å². The fraction of sp³-hybridized carbons (Fsp3) is 1.00. The predicted molar refractivity (Wildman–Crippen MR) is 43.9 cm³/mol. The van der Waals surface area contributed by atoms with Crippen molar-refractivity contribution < 1.29 is 0 Å². The van der Waals surface area contributed by atoms with E-state index in [4.69, 9.17) is 5.73 Å². The highest BCUT2D eigenvalue weighted by Crippen LogP contribution is 2.18. The molecule has 0 bridgehead atoms. The van der Waals surface area contributed by atoms with Crippen LogP contribution in [0.5, 0.6) is 0 Å². The van der Waals surface area contributed by atoms with Gasteiger partial charge < -0.3 is 10.6 Å². The van der Waals surface area contributed by atoms with Gasteiger partial charge in [0.15, 0.2) is 0 Å². The highest BCUT2D eigenvalue weighted by molar-refractivity contribution is 4.77. The van der Waals surface area contributed by atoms with Crippen LogP contribution in [0, 0.1) is 0 Å². The maximum absolute atomic E-state index is 5.50. The third kappa shape index (κ3) is 1.70. The smallest absolute Gasteiger partial charge is 0.0108 e. The molecule has 2 N–H and O–H groups in total. The number of likely N-dealkylation sites (tertiary alicyclic amines) is 1. The predicted octanol–water partition coefficient (Wildman–Crippen LogP) is 0.820. The topological polar surface area (TPSA) is 29.3 Å². The molecular formula is C8H18N2. The van der Waals surface area contributed by atoms with Gasteiger partial charge in [-0.25, -0.2) is 0 Å². The van der Waals surface area contributed by atoms with Crippen molar-refractivity contribution in [3.63, 3.8) is 0 Å². The second-order valence-corrected chi connectivity index (χ2v) is 3.00. The van der Waals surface area contributed by atoms with Gasteiger partial charge in [-0.05, 0) is 38.9 Å². The van der Waals surface area contributed by atoms with E-state index in [1.165, 1.54) is 32.4 Å². The highest BCUT2D eigenvalue weighted by atomic mass is 15.2. The van der Waals surface area contributed by atoms with Crippen molar-refractivity contribution in [1.29, 1.82) is 0 Å². The van der Waals surface area contributed by atoms with Crippen molar-refractivity contribution in [2.45, 2.75) is 32.2 Å². The van der Waals surface area contributed by atoms with Gasteiger partial charge in [-0.2, -0.15) is 0 Å². The Morgan fingerprint density at radius 3 is 3.00 bits per heavy atom. The average Bonchev–Trinajstić information content (AvgIpc) is 2.36. The number of nitrogens with zero attached hydrogens (tertiary/aromatic N) is 1. The van der Waals surface area contributed by atoms with Crippen LogP contribution in [0.2, 0.25) is 0 Å². The van der Waals surface area contributed by atoms with E-state index in [0.717, 1.165) is 12.6 Å². The molecule has 1 rings (SSSR count). The van der Waals surface area contributed by atoms with Crippen LogP contribution in [0.3, 0.4) is 0 Å². The number of hydrogen-bond donors (Lipinski definition) is 1. The molecule has 1 saturated heterocycles. The zero-order valence-electron chi connectivity index (χ0n) is 6.84. The van der Waals surface area contributed by atoms with Crippen LogP contribution in [0.4, 0.5) is 0 Å². The second-order valence-electron chi connectivity index (χ2n) is 3.00. The maximum Gasteiger partial charge on any atom is 0.0108 e. The minimum absolute atomic E-state index is 0.801. The quantitative estimate of drug-likeness (QED) is 0.632. The molecule has 60 valence electrons. The molecule has 2 nitrogen and oxygen atoms in total. The van der Waals surface area contributed by atoms with E-state index in [1.807, 2.05) is 0 Å². The fourth-order valence-electron chi connectivity index (χ4n) is 1.83. The molecular weight excluding hydrogens is 124 g/mol. The molecule has 10 heavy (non-hydrogen) atoms. The summed E-state index contributed by atoms with van der Waals surface area (Å²) in [5.74, 6) is 0. The van der Waals surface area contributed by atoms with E-state index in [2.05, 4.69) is 11.8 Å². The minimum Gasteiger partial charge on any atom is -0.330 e. The summed E-state index contributed by atoms with van der Waals surface area (Å²) in [5.41, 5.74) is 5.50. The summed E-state index contributed by atoms with van der Waals surface area (Å²) in [4.78, 5) is 2.53. The lowest BCUT2D eigenvalue weighted by Crippen LogP contribution is -2.30. The Bertz CT molecular complexity index is 93.3. The van der Waals surface area contributed by atoms with E-state index in [0.29, 0.717) is 0 Å². The SMILES string of the molecule is CCN1CCCC1CCN. The molecule has 1 aliphatic heterocycles. The molecule has 0 spiro atoms. The summed E-state index contributed by atoms with van der Waals surface area (Å²) in [6, 6.07) is 0.801. The van der Waals surface area contributed by atoms with Crippen molar-refractivity contribution in [2.24, 2.45) is 5.73 Å². The maximum atomic E-state index is 5.50. The minimum atomic E-state index is 0.801. The van der Waals surface area contributed by atoms with Crippen LogP contribution in [0.1, 0.15) is 26.2 Å². The Balaban J connectivity index is 2.27. The van der Waals surface area contributed by atoms with Crippen molar-refractivity contribution in [3.8, 4) is 0 Å². The monoisotopic (exact) mass is 142 g/mol. The van der Waals surface area contributed by atoms with Gasteiger partial charge in [-0.1, -0.05) is 6.92 Å². The van der Waals surface area contributed by atoms with Crippen LogP contribution in [-0.2, 0) is 0 Å². The molecule has 1 heterocycles. The largest absolute Gasteiger partial charge is 0.330 e. The number of nitrogens with two attached hydrogens (primary N) is 1. The molecule has 1 aliphatic rings. The first-order valence-corrected chi connectivity index (χ1v) is 4.32. The van der Waals surface area contributed by atoms with Gasteiger partial charge in [-0.15, -0.1) is 0 Å². The molecule has 0 aromatic heterocycles. The highest BCUT2D eigenvalue weighted by Gasteiger charge is 2.21. The summed E-state index contributed by atoms with van der Waals surface area (Å²) in [6.07, 6.45) is 3.93. The van der Waals surface area contributed by atoms with Gasteiger partial charge in [0.05, 0.1) is 0 Å². The van der Waals surface area contributed by atoms with Crippen molar-refractivity contribution >= 4 is 0 Å². The van der Waals surface area contributed by atoms with E-state index in [1.54, 1.807) is 0 Å². The average molecular weight is 142 g/mol. The second kappa shape index (κ2) is 3.94. The van der Waals surface area contributed by atoms with Gasteiger partial charge in [-0.3, -0.25) is 0 Å². The Hall–Kier alpha value is -0.0800. The molecule has 0 saturated carbocycles. The molecule has 1 unspecified atom stereocenters. The number of rotatable bonds is 3. The summed E-state index contributed by atoms with van der Waals surface area (Å²) < 4.78 is 0. The first kappa shape index (κ1) is 8.02. The van der Waals surface area contributed by atoms with Crippen LogP contribution in [0.15, 0.2) is 0 Å². The molecule has 1 atom stereocenters. The van der Waals surface area contributed by atoms with Gasteiger partial charge in [0.25, 0.3) is 0 Å². The third-order valence-electron chi connectivity index (χ3n) is 2.41. The normalized spacial score (nSPS) is 27.6. The summed E-state index contributed by atoms with van der Waals surface area (Å²) in [6.45, 7) is 5.57. The molecule has 2 heteroatoms. The zero-order chi connectivity index (χ0) is 7.40. The lowest BCUT2D eigenvalue weighted by Gasteiger charge is -2.21. The standard InChI is InChI=1S/C8H18N2/c1-2-10-7-3-4-8(10)5-6-9/h8H,2-7,9H2,1H3. The van der Waals surface area contributed by atoms with Crippen molar-refractivity contribution in [1.82, 2.24) is 4.90 Å². The van der Waals surface area contributed by atoms with Gasteiger partial charge in [0, 0.05) is 6.04 Å². The van der Waals surface area contributed by atoms with Crippen molar-refractivity contribution in [3.05, 3.63) is 0 Å². The molecule has 1 fully saturated rings. The molecule has 0 radical (unpaired) electrons. The van der Waals surface area contributed by atoms with Crippen LogP contribution < -0.4 is 5.73 Å². The fourth-order valence-corrected chi connectivity index (χ4v) is 1.83. The Kier molecular flexibility index (Phi) is 3.16. The van der Waals surface area contributed by atoms with E-state index >= 15 is 0 Å². The molecule has 0 aromatic rings. The van der Waals surface area contributed by atoms with Crippen molar-refractivity contribution in [2.75, 3.05) is 19.6 Å². The van der Waals surface area contributed by atoms with E-state index < -0.39 is 0 Å². The molecule has 0 aliphatic carbocycles. The molecule has 0 aromatic carbocycles. The summed E-state index contributed by atoms with van der Waals surface area (Å²) >= 11 is 0. The first-order chi connectivity index (χ1) is 4.88. The van der Waals surface area contributed by atoms with Crippen LogP contribution in [-0.4, -0.2) is 30.6 Å². The van der Waals surface area contributed by atoms with E-state index in [-0.39, 0.29) is 0 Å². The summed E-state index contributed by atoms with van der Waals surface area (Å²) in [5, 5.41) is 0. The first-order valence-electron chi connectivity index (χ1n) is 4.32. The molecule has 0 amide bonds. The Labute approximate surface area is 63.4 Å².